The number of carboxylic acid groups (broad SMARTS) is 1. The van der Waals surface area contributed by atoms with Crippen LogP contribution in [0.4, 0.5) is 0 Å². The zero-order valence-corrected chi connectivity index (χ0v) is 13.5. The van der Waals surface area contributed by atoms with Crippen molar-refractivity contribution < 1.29 is 14.7 Å². The number of carbonyl (C=O) groups excluding carboxylic acids is 1. The number of carbonyl (C=O) groups is 2. The summed E-state index contributed by atoms with van der Waals surface area (Å²) in [6, 6.07) is 6.58. The number of nitrogens with zero attached hydrogens (tertiary/aromatic N) is 3. The Balaban J connectivity index is 1.65. The third kappa shape index (κ3) is 3.59. The van der Waals surface area contributed by atoms with E-state index in [1.165, 1.54) is 0 Å². The van der Waals surface area contributed by atoms with Crippen LogP contribution in [0.3, 0.4) is 0 Å². The predicted molar refractivity (Wildman–Crippen MR) is 88.5 cm³/mol. The third-order valence-electron chi connectivity index (χ3n) is 4.36. The molecular formula is C18H19N3O3. The Morgan fingerprint density at radius 3 is 2.50 bits per heavy atom. The number of likely N-dealkylation sites (tertiary alicyclic amines) is 1. The van der Waals surface area contributed by atoms with E-state index in [0.717, 1.165) is 37.2 Å². The van der Waals surface area contributed by atoms with Crippen molar-refractivity contribution >= 4 is 11.9 Å². The maximum atomic E-state index is 11.4. The maximum Gasteiger partial charge on any atom is 0.335 e. The van der Waals surface area contributed by atoms with E-state index in [4.69, 9.17) is 5.11 Å². The van der Waals surface area contributed by atoms with Gasteiger partial charge < -0.3 is 10.0 Å². The monoisotopic (exact) mass is 325 g/mol. The highest BCUT2D eigenvalue weighted by Gasteiger charge is 2.24. The molecule has 1 aliphatic heterocycles. The van der Waals surface area contributed by atoms with Gasteiger partial charge in [0.15, 0.2) is 0 Å². The van der Waals surface area contributed by atoms with E-state index in [-0.39, 0.29) is 11.5 Å². The van der Waals surface area contributed by atoms with Gasteiger partial charge in [0.2, 0.25) is 5.91 Å². The molecule has 0 radical (unpaired) electrons. The van der Waals surface area contributed by atoms with Crippen LogP contribution in [0.5, 0.6) is 0 Å². The fourth-order valence-corrected chi connectivity index (χ4v) is 2.97. The van der Waals surface area contributed by atoms with E-state index in [1.807, 2.05) is 4.90 Å². The molecule has 24 heavy (non-hydrogen) atoms. The minimum atomic E-state index is -0.945. The normalized spacial score (nSPS) is 17.0. The molecule has 3 rings (SSSR count). The Labute approximate surface area is 140 Å². The molecule has 1 aromatic carbocycles. The number of amides is 1. The molecule has 124 valence electrons. The van der Waals surface area contributed by atoms with E-state index in [1.54, 1.807) is 43.6 Å². The van der Waals surface area contributed by atoms with Gasteiger partial charge in [-0.15, -0.1) is 0 Å². The van der Waals surface area contributed by atoms with Crippen LogP contribution in [0.2, 0.25) is 0 Å². The Kier molecular flexibility index (Phi) is 4.55. The molecule has 1 aliphatic rings. The molecule has 1 N–H and O–H groups in total. The first-order valence-electron chi connectivity index (χ1n) is 7.93. The van der Waals surface area contributed by atoms with Crippen molar-refractivity contribution in [2.45, 2.75) is 19.8 Å². The van der Waals surface area contributed by atoms with Crippen LogP contribution in [-0.2, 0) is 11.2 Å². The predicted octanol–water partition coefficient (Wildman–Crippen LogP) is 2.25. The average molecular weight is 325 g/mol. The lowest BCUT2D eigenvalue weighted by atomic mass is 10.0. The first kappa shape index (κ1) is 16.1. The van der Waals surface area contributed by atoms with Gasteiger partial charge in [0.25, 0.3) is 0 Å². The second kappa shape index (κ2) is 6.78. The van der Waals surface area contributed by atoms with Gasteiger partial charge in [-0.05, 0) is 30.9 Å². The lowest BCUT2D eigenvalue weighted by Gasteiger charge is -2.13. The highest BCUT2D eigenvalue weighted by atomic mass is 16.4. The standard InChI is InChI=1S/C18H19N3O3/c1-12(22)21-7-6-13(11-21)8-16-9-20-17(10-19-16)14-2-4-15(5-3-14)18(23)24/h2-5,9-10,13H,6-8,11H2,1H3,(H,23,24)/t13-/m1/s1. The molecule has 0 aliphatic carbocycles. The van der Waals surface area contributed by atoms with Crippen molar-refractivity contribution in [3.63, 3.8) is 0 Å². The number of hydrogen-bond acceptors (Lipinski definition) is 4. The maximum absolute atomic E-state index is 11.4. The van der Waals surface area contributed by atoms with Crippen molar-refractivity contribution in [2.24, 2.45) is 5.92 Å². The van der Waals surface area contributed by atoms with Gasteiger partial charge in [-0.1, -0.05) is 12.1 Å². The Morgan fingerprint density at radius 2 is 1.96 bits per heavy atom. The van der Waals surface area contributed by atoms with Gasteiger partial charge in [0.1, 0.15) is 0 Å². The topological polar surface area (TPSA) is 83.4 Å². The van der Waals surface area contributed by atoms with Crippen molar-refractivity contribution in [1.29, 1.82) is 0 Å². The molecule has 2 aromatic rings. The Bertz CT molecular complexity index is 741. The average Bonchev–Trinajstić information content (AvgIpc) is 3.04. The highest BCUT2D eigenvalue weighted by molar-refractivity contribution is 5.88. The molecule has 1 fully saturated rings. The molecule has 2 heterocycles. The van der Waals surface area contributed by atoms with Gasteiger partial charge >= 0.3 is 5.97 Å². The first-order valence-corrected chi connectivity index (χ1v) is 7.93. The van der Waals surface area contributed by atoms with Crippen molar-refractivity contribution in [3.05, 3.63) is 47.9 Å². The van der Waals surface area contributed by atoms with Crippen molar-refractivity contribution in [2.75, 3.05) is 13.1 Å². The second-order valence-electron chi connectivity index (χ2n) is 6.10. The third-order valence-corrected chi connectivity index (χ3v) is 4.36. The highest BCUT2D eigenvalue weighted by Crippen LogP contribution is 2.21. The van der Waals surface area contributed by atoms with E-state index in [2.05, 4.69) is 9.97 Å². The molecule has 0 unspecified atom stereocenters. The molecule has 1 amide bonds. The molecule has 0 spiro atoms. The zero-order valence-electron chi connectivity index (χ0n) is 13.5. The fraction of sp³-hybridized carbons (Fsp3) is 0.333. The van der Waals surface area contributed by atoms with Crippen molar-refractivity contribution in [3.8, 4) is 11.3 Å². The first-order chi connectivity index (χ1) is 11.5. The molecule has 0 bridgehead atoms. The molecule has 6 nitrogen and oxygen atoms in total. The molecule has 1 saturated heterocycles. The molecule has 1 atom stereocenters. The number of carboxylic acids is 1. The fourth-order valence-electron chi connectivity index (χ4n) is 2.97. The van der Waals surface area contributed by atoms with Crippen LogP contribution in [0.1, 0.15) is 29.4 Å². The summed E-state index contributed by atoms with van der Waals surface area (Å²) in [5.74, 6) is -0.383. The van der Waals surface area contributed by atoms with Crippen LogP contribution < -0.4 is 0 Å². The summed E-state index contributed by atoms with van der Waals surface area (Å²) in [4.78, 5) is 33.0. The minimum absolute atomic E-state index is 0.128. The second-order valence-corrected chi connectivity index (χ2v) is 6.10. The lowest BCUT2D eigenvalue weighted by Crippen LogP contribution is -2.26. The molecule has 1 aromatic heterocycles. The lowest BCUT2D eigenvalue weighted by molar-refractivity contribution is -0.127. The van der Waals surface area contributed by atoms with Crippen LogP contribution >= 0.6 is 0 Å². The SMILES string of the molecule is CC(=O)N1CC[C@H](Cc2cnc(-c3ccc(C(=O)O)cc3)cn2)C1. The van der Waals surface area contributed by atoms with E-state index < -0.39 is 5.97 Å². The summed E-state index contributed by atoms with van der Waals surface area (Å²) >= 11 is 0. The van der Waals surface area contributed by atoms with E-state index in [9.17, 15) is 9.59 Å². The summed E-state index contributed by atoms with van der Waals surface area (Å²) in [5, 5.41) is 8.92. The summed E-state index contributed by atoms with van der Waals surface area (Å²) < 4.78 is 0. The Hall–Kier alpha value is -2.76. The summed E-state index contributed by atoms with van der Waals surface area (Å²) in [5.41, 5.74) is 2.71. The van der Waals surface area contributed by atoms with Crippen LogP contribution in [0.25, 0.3) is 11.3 Å². The van der Waals surface area contributed by atoms with Crippen LogP contribution in [-0.4, -0.2) is 44.9 Å². The molecule has 6 heteroatoms. The number of benzene rings is 1. The summed E-state index contributed by atoms with van der Waals surface area (Å²) in [7, 11) is 0. The van der Waals surface area contributed by atoms with E-state index >= 15 is 0 Å². The minimum Gasteiger partial charge on any atom is -0.478 e. The molecular weight excluding hydrogens is 306 g/mol. The van der Waals surface area contributed by atoms with E-state index in [0.29, 0.717) is 11.6 Å². The van der Waals surface area contributed by atoms with Crippen LogP contribution in [0.15, 0.2) is 36.7 Å². The number of aromatic nitrogens is 2. The smallest absolute Gasteiger partial charge is 0.335 e. The van der Waals surface area contributed by atoms with Gasteiger partial charge in [-0.2, -0.15) is 0 Å². The zero-order chi connectivity index (χ0) is 17.1. The summed E-state index contributed by atoms with van der Waals surface area (Å²) in [6.45, 7) is 3.21. The van der Waals surface area contributed by atoms with Gasteiger partial charge in [0.05, 0.1) is 23.1 Å². The summed E-state index contributed by atoms with van der Waals surface area (Å²) in [6.07, 6.45) is 5.29. The van der Waals surface area contributed by atoms with Gasteiger partial charge in [0, 0.05) is 31.8 Å². The van der Waals surface area contributed by atoms with Gasteiger partial charge in [-0.25, -0.2) is 4.79 Å². The quantitative estimate of drug-likeness (QED) is 0.932. The largest absolute Gasteiger partial charge is 0.478 e. The van der Waals surface area contributed by atoms with Gasteiger partial charge in [-0.3, -0.25) is 14.8 Å². The Morgan fingerprint density at radius 1 is 1.21 bits per heavy atom. The van der Waals surface area contributed by atoms with Crippen LogP contribution in [0, 0.1) is 5.92 Å². The number of aromatic carboxylic acids is 1. The number of rotatable bonds is 4. The van der Waals surface area contributed by atoms with Crippen molar-refractivity contribution in [1.82, 2.24) is 14.9 Å². The number of hydrogen-bond donors (Lipinski definition) is 1. The molecule has 0 saturated carbocycles.